The van der Waals surface area contributed by atoms with Gasteiger partial charge in [0.2, 0.25) is 0 Å². The first-order chi connectivity index (χ1) is 27.6. The Balaban J connectivity index is 1.37. The highest BCUT2D eigenvalue weighted by atomic mass is 127. The summed E-state index contributed by atoms with van der Waals surface area (Å²) in [6, 6.07) is 9.81. The maximum atomic E-state index is 14.3. The van der Waals surface area contributed by atoms with Gasteiger partial charge in [-0.1, -0.05) is 71.9 Å². The highest BCUT2D eigenvalue weighted by molar-refractivity contribution is 14.1. The molecule has 4 aliphatic heterocycles. The molecule has 13 nitrogen and oxygen atoms in total. The number of esters is 1. The molecule has 9 unspecified atom stereocenters. The second-order valence-corrected chi connectivity index (χ2v) is 19.6. The Labute approximate surface area is 357 Å². The molecule has 0 saturated carbocycles. The van der Waals surface area contributed by atoms with Crippen molar-refractivity contribution in [3.05, 3.63) is 42.1 Å². The number of cyclic esters (lactones) is 1. The largest absolute Gasteiger partial charge is 0.458 e. The van der Waals surface area contributed by atoms with Gasteiger partial charge in [0, 0.05) is 61.7 Å². The third-order valence-electron chi connectivity index (χ3n) is 13.1. The molecule has 58 heavy (non-hydrogen) atoms. The molecule has 5 rings (SSSR count). The van der Waals surface area contributed by atoms with Crippen LogP contribution in [0.3, 0.4) is 0 Å². The van der Waals surface area contributed by atoms with Gasteiger partial charge in [-0.25, -0.2) is 7.94 Å². The van der Waals surface area contributed by atoms with E-state index in [-0.39, 0.29) is 35.7 Å². The van der Waals surface area contributed by atoms with Crippen molar-refractivity contribution < 1.29 is 43.2 Å². The number of unbranched alkanes of at least 4 members (excludes halogenated alkanes) is 1. The molecule has 14 heteroatoms. The number of rotatable bonds is 11. The average Bonchev–Trinajstić information content (AvgIpc) is 3.82. The molecule has 326 valence electrons. The Bertz CT molecular complexity index is 1600. The number of methoxy groups -OCH3 is 1. The fraction of sp³-hybridized carbons (Fsp3) is 0.750. The summed E-state index contributed by atoms with van der Waals surface area (Å²) in [5, 5.41) is 12.1. The summed E-state index contributed by atoms with van der Waals surface area (Å²) in [4.78, 5) is 45.9. The van der Waals surface area contributed by atoms with E-state index in [1.807, 2.05) is 59.7 Å². The average molecular weight is 925 g/mol. The van der Waals surface area contributed by atoms with E-state index in [9.17, 15) is 19.5 Å². The number of ketones is 1. The van der Waals surface area contributed by atoms with Crippen LogP contribution in [0.2, 0.25) is 0 Å². The van der Waals surface area contributed by atoms with E-state index >= 15 is 0 Å². The molecular formula is C44H69IN4O9. The van der Waals surface area contributed by atoms with Crippen LogP contribution in [0.4, 0.5) is 4.79 Å². The van der Waals surface area contributed by atoms with Gasteiger partial charge >= 0.3 is 12.1 Å². The minimum Gasteiger partial charge on any atom is -0.458 e. The lowest BCUT2D eigenvalue weighted by Crippen LogP contribution is -2.53. The topological polar surface area (TPSA) is 140 Å². The summed E-state index contributed by atoms with van der Waals surface area (Å²) in [5.41, 5.74) is 2.11. The van der Waals surface area contributed by atoms with Crippen molar-refractivity contribution in [3.63, 3.8) is 0 Å². The summed E-state index contributed by atoms with van der Waals surface area (Å²) in [5.74, 6) is -3.80. The Kier molecular flexibility index (Phi) is 16.7. The Morgan fingerprint density at radius 3 is 2.28 bits per heavy atom. The molecule has 0 spiro atoms. The number of ether oxygens (including phenoxy) is 5. The first-order valence-corrected chi connectivity index (χ1v) is 23.3. The van der Waals surface area contributed by atoms with Crippen molar-refractivity contribution >= 4 is 44.8 Å². The zero-order valence-electron chi connectivity index (χ0n) is 36.5. The van der Waals surface area contributed by atoms with Crippen LogP contribution in [-0.4, -0.2) is 125 Å². The van der Waals surface area contributed by atoms with Crippen LogP contribution in [0.1, 0.15) is 93.1 Å². The Hall–Kier alpha value is -2.50. The molecular weight excluding hydrogens is 855 g/mol. The summed E-state index contributed by atoms with van der Waals surface area (Å²) >= 11 is -0.502. The zero-order chi connectivity index (χ0) is 42.4. The first-order valence-electron chi connectivity index (χ1n) is 21.4. The number of carbonyl (C=O) groups excluding carboxylic acids is 3. The van der Waals surface area contributed by atoms with Gasteiger partial charge < -0.3 is 41.7 Å². The molecule has 4 heterocycles. The summed E-state index contributed by atoms with van der Waals surface area (Å²) < 4.78 is 38.7. The number of benzene rings is 1. The van der Waals surface area contributed by atoms with E-state index in [0.717, 1.165) is 30.6 Å². The third-order valence-corrected chi connectivity index (χ3v) is 15.2. The maximum Gasteiger partial charge on any atom is 0.410 e. The lowest BCUT2D eigenvalue weighted by atomic mass is 9.78. The molecule has 0 aromatic heterocycles. The number of fused-ring (bicyclic) bond motifs is 1. The second kappa shape index (κ2) is 20.8. The number of halogens is 1. The SMILES string of the molecule is CCC1OC(=O)C(C)C(=O)C(C)[C@@H](O[C@@H]2OC(C)CC(N(C)C)[C@H]2C)C(C)[C@H](OC)C[C@@H](C)C(O)[C@H](C)C2C1OC(=O)N2CCCCN1C=C(c2ccccc2)N=I1. The van der Waals surface area contributed by atoms with Gasteiger partial charge in [-0.2, -0.15) is 0 Å². The molecule has 15 atom stereocenters. The number of aliphatic hydroxyl groups excluding tert-OH is 1. The number of hydrogen-bond donors (Lipinski definition) is 1. The van der Waals surface area contributed by atoms with E-state index in [4.69, 9.17) is 26.8 Å². The fourth-order valence-corrected chi connectivity index (χ4v) is 11.3. The normalized spacial score (nSPS) is 38.1. The number of carbonyl (C=O) groups is 3. The smallest absolute Gasteiger partial charge is 0.410 e. The van der Waals surface area contributed by atoms with Crippen LogP contribution in [0, 0.1) is 35.5 Å². The molecule has 3 fully saturated rings. The summed E-state index contributed by atoms with van der Waals surface area (Å²) in [6.07, 6.45) is 0.691. The highest BCUT2D eigenvalue weighted by Gasteiger charge is 2.52. The Morgan fingerprint density at radius 1 is 0.931 bits per heavy atom. The summed E-state index contributed by atoms with van der Waals surface area (Å²) in [6.45, 7) is 16.6. The molecule has 1 aromatic carbocycles. The minimum absolute atomic E-state index is 0.0131. The van der Waals surface area contributed by atoms with Crippen LogP contribution in [0.5, 0.6) is 0 Å². The highest BCUT2D eigenvalue weighted by Crippen LogP contribution is 2.39. The quantitative estimate of drug-likeness (QED) is 0.0788. The monoisotopic (exact) mass is 924 g/mol. The van der Waals surface area contributed by atoms with Crippen LogP contribution < -0.4 is 0 Å². The first kappa shape index (κ1) is 46.6. The molecule has 0 radical (unpaired) electrons. The van der Waals surface area contributed by atoms with Crippen LogP contribution in [0.25, 0.3) is 5.70 Å². The van der Waals surface area contributed by atoms with Gasteiger partial charge in [-0.3, -0.25) is 9.59 Å². The van der Waals surface area contributed by atoms with E-state index in [2.05, 4.69) is 47.4 Å². The lowest BCUT2D eigenvalue weighted by molar-refractivity contribution is -0.263. The fourth-order valence-electron chi connectivity index (χ4n) is 9.42. The molecule has 1 aromatic rings. The number of Topliss-reactive ketones (excluding diaryl/α,β-unsaturated/α-hetero) is 1. The number of nitrogens with zero attached hydrogens (tertiary/aromatic N) is 4. The van der Waals surface area contributed by atoms with Crippen molar-refractivity contribution in [1.29, 1.82) is 0 Å². The van der Waals surface area contributed by atoms with Gasteiger partial charge in [0.1, 0.15) is 33.3 Å². The van der Waals surface area contributed by atoms with Crippen molar-refractivity contribution in [2.24, 2.45) is 38.7 Å². The Morgan fingerprint density at radius 2 is 1.62 bits per heavy atom. The summed E-state index contributed by atoms with van der Waals surface area (Å²) in [7, 11) is 5.76. The maximum absolute atomic E-state index is 14.3. The molecule has 4 aliphatic rings. The second-order valence-electron chi connectivity index (χ2n) is 17.4. The van der Waals surface area contributed by atoms with E-state index in [0.29, 0.717) is 25.8 Å². The predicted octanol–water partition coefficient (Wildman–Crippen LogP) is 7.28. The molecule has 0 bridgehead atoms. The van der Waals surface area contributed by atoms with Crippen molar-refractivity contribution in [1.82, 2.24) is 12.9 Å². The van der Waals surface area contributed by atoms with Crippen LogP contribution >= 0.6 is 21.3 Å². The van der Waals surface area contributed by atoms with Crippen molar-refractivity contribution in [3.8, 4) is 0 Å². The van der Waals surface area contributed by atoms with Gasteiger partial charge in [0.05, 0.1) is 36.2 Å². The van der Waals surface area contributed by atoms with E-state index < -0.39 is 94.0 Å². The number of amides is 1. The van der Waals surface area contributed by atoms with Gasteiger partial charge in [-0.05, 0) is 66.0 Å². The predicted molar refractivity (Wildman–Crippen MR) is 230 cm³/mol. The standard InChI is InChI=1S/C44H69IN4O9/c1-12-35-41-37(49(44(53)58-41)21-17-16-20-48-24-33(46-45-48)32-18-14-13-15-19-32)29(6)38(50)25(2)22-36(54-11)28(5)40(30(7)39(51)31(8)42(52)56-35)57-43-27(4)34(47(9)10)23-26(3)55-43/h13-15,18-19,24-31,34-38,40-41,43,50H,12,16-17,20-23H2,1-11H3/t25-,26?,27-,28?,29-,30?,31?,34?,35?,36-,37?,38?,40+,41?,43+/m1/s1. The molecule has 3 saturated heterocycles. The van der Waals surface area contributed by atoms with Crippen molar-refractivity contribution in [2.45, 2.75) is 142 Å². The van der Waals surface area contributed by atoms with Crippen LogP contribution in [-0.2, 0) is 33.3 Å². The zero-order valence-corrected chi connectivity index (χ0v) is 38.6. The molecule has 1 amide bonds. The van der Waals surface area contributed by atoms with E-state index in [1.54, 1.807) is 18.9 Å². The third kappa shape index (κ3) is 10.7. The number of hydrogen-bond acceptors (Lipinski definition) is 12. The van der Waals surface area contributed by atoms with E-state index in [1.165, 1.54) is 0 Å². The minimum atomic E-state index is -1.10. The van der Waals surface area contributed by atoms with Gasteiger partial charge in [-0.15, -0.1) is 0 Å². The van der Waals surface area contributed by atoms with Gasteiger partial charge in [0.15, 0.2) is 18.2 Å². The molecule has 0 aliphatic carbocycles. The van der Waals surface area contributed by atoms with Crippen LogP contribution in [0.15, 0.2) is 39.7 Å². The molecule has 1 N–H and O–H groups in total. The lowest BCUT2D eigenvalue weighted by Gasteiger charge is -2.45. The van der Waals surface area contributed by atoms with Crippen molar-refractivity contribution in [2.75, 3.05) is 34.3 Å². The number of aliphatic hydroxyl groups is 1. The van der Waals surface area contributed by atoms with Gasteiger partial charge in [0.25, 0.3) is 0 Å².